The lowest BCUT2D eigenvalue weighted by molar-refractivity contribution is 0.0172. The quantitative estimate of drug-likeness (QED) is 0.785. The van der Waals surface area contributed by atoms with E-state index in [1.807, 2.05) is 6.07 Å². The Bertz CT molecular complexity index is 548. The summed E-state index contributed by atoms with van der Waals surface area (Å²) in [6.07, 6.45) is -2.14. The van der Waals surface area contributed by atoms with E-state index < -0.39 is 18.2 Å². The molecule has 4 nitrogen and oxygen atoms in total. The lowest BCUT2D eigenvalue weighted by Crippen LogP contribution is -2.10. The summed E-state index contributed by atoms with van der Waals surface area (Å²) < 4.78 is 0. The van der Waals surface area contributed by atoms with E-state index in [4.69, 9.17) is 5.11 Å². The van der Waals surface area contributed by atoms with Gasteiger partial charge in [0, 0.05) is 0 Å². The summed E-state index contributed by atoms with van der Waals surface area (Å²) in [7, 11) is 0. The summed E-state index contributed by atoms with van der Waals surface area (Å²) in [5, 5.41) is 28.9. The van der Waals surface area contributed by atoms with E-state index in [1.54, 1.807) is 24.3 Å². The van der Waals surface area contributed by atoms with Crippen LogP contribution in [0.3, 0.4) is 0 Å². The number of hydrogen-bond acceptors (Lipinski definition) is 3. The van der Waals surface area contributed by atoms with Crippen molar-refractivity contribution in [3.05, 3.63) is 71.3 Å². The highest BCUT2D eigenvalue weighted by molar-refractivity contribution is 5.87. The molecule has 0 bridgehead atoms. The molecule has 19 heavy (non-hydrogen) atoms. The monoisotopic (exact) mass is 258 g/mol. The lowest BCUT2D eigenvalue weighted by Gasteiger charge is -2.18. The smallest absolute Gasteiger partial charge is 0.335 e. The average molecular weight is 258 g/mol. The molecule has 0 unspecified atom stereocenters. The van der Waals surface area contributed by atoms with E-state index in [2.05, 4.69) is 0 Å². The van der Waals surface area contributed by atoms with Crippen LogP contribution in [0.25, 0.3) is 0 Å². The van der Waals surface area contributed by atoms with Crippen molar-refractivity contribution in [2.24, 2.45) is 0 Å². The number of aliphatic hydroxyl groups excluding tert-OH is 2. The molecule has 0 amide bonds. The molecule has 0 aliphatic heterocycles. The van der Waals surface area contributed by atoms with E-state index >= 15 is 0 Å². The van der Waals surface area contributed by atoms with E-state index in [1.165, 1.54) is 24.3 Å². The molecule has 2 atom stereocenters. The molecule has 4 heteroatoms. The van der Waals surface area contributed by atoms with Gasteiger partial charge in [0.05, 0.1) is 5.56 Å². The van der Waals surface area contributed by atoms with Crippen molar-refractivity contribution in [1.82, 2.24) is 0 Å². The Kier molecular flexibility index (Phi) is 3.94. The molecule has 0 aliphatic carbocycles. The normalized spacial score (nSPS) is 13.8. The van der Waals surface area contributed by atoms with Crippen LogP contribution in [0.4, 0.5) is 0 Å². The molecule has 3 N–H and O–H groups in total. The van der Waals surface area contributed by atoms with E-state index in [0.717, 1.165) is 0 Å². The first kappa shape index (κ1) is 13.3. The second-order valence-corrected chi connectivity index (χ2v) is 4.23. The number of aromatic carboxylic acids is 1. The summed E-state index contributed by atoms with van der Waals surface area (Å²) in [6, 6.07) is 14.6. The minimum absolute atomic E-state index is 0.144. The van der Waals surface area contributed by atoms with Crippen molar-refractivity contribution < 1.29 is 20.1 Å². The van der Waals surface area contributed by atoms with Crippen molar-refractivity contribution >= 4 is 5.97 Å². The lowest BCUT2D eigenvalue weighted by atomic mass is 9.97. The van der Waals surface area contributed by atoms with Crippen LogP contribution in [0.15, 0.2) is 54.6 Å². The van der Waals surface area contributed by atoms with Crippen molar-refractivity contribution in [2.45, 2.75) is 12.2 Å². The van der Waals surface area contributed by atoms with Gasteiger partial charge in [-0.2, -0.15) is 0 Å². The van der Waals surface area contributed by atoms with Crippen molar-refractivity contribution in [1.29, 1.82) is 0 Å². The van der Waals surface area contributed by atoms with Crippen LogP contribution in [0.5, 0.6) is 0 Å². The van der Waals surface area contributed by atoms with Gasteiger partial charge in [-0.05, 0) is 23.3 Å². The molecule has 0 heterocycles. The summed E-state index contributed by atoms with van der Waals surface area (Å²) in [5.74, 6) is -1.02. The van der Waals surface area contributed by atoms with Crippen molar-refractivity contribution in [3.63, 3.8) is 0 Å². The molecule has 2 aromatic rings. The maximum absolute atomic E-state index is 10.7. The number of carboxylic acid groups (broad SMARTS) is 1. The van der Waals surface area contributed by atoms with Gasteiger partial charge in [0.15, 0.2) is 0 Å². The second-order valence-electron chi connectivity index (χ2n) is 4.23. The zero-order valence-electron chi connectivity index (χ0n) is 10.1. The predicted molar refractivity (Wildman–Crippen MR) is 69.8 cm³/mol. The first-order chi connectivity index (χ1) is 9.09. The van der Waals surface area contributed by atoms with Gasteiger partial charge >= 0.3 is 5.97 Å². The van der Waals surface area contributed by atoms with Crippen LogP contribution in [0.1, 0.15) is 33.7 Å². The van der Waals surface area contributed by atoms with Crippen LogP contribution < -0.4 is 0 Å². The molecule has 0 fully saturated rings. The Balaban J connectivity index is 2.19. The van der Waals surface area contributed by atoms with Crippen LogP contribution >= 0.6 is 0 Å². The Morgan fingerprint density at radius 1 is 0.789 bits per heavy atom. The molecular formula is C15H14O4. The van der Waals surface area contributed by atoms with E-state index in [9.17, 15) is 15.0 Å². The highest BCUT2D eigenvalue weighted by Gasteiger charge is 2.20. The Hall–Kier alpha value is -2.17. The van der Waals surface area contributed by atoms with Gasteiger partial charge in [0.25, 0.3) is 0 Å². The number of hydrogen-bond donors (Lipinski definition) is 3. The largest absolute Gasteiger partial charge is 0.478 e. The fourth-order valence-electron chi connectivity index (χ4n) is 1.84. The number of benzene rings is 2. The Labute approximate surface area is 110 Å². The molecule has 2 aromatic carbocycles. The molecule has 0 spiro atoms. The number of aliphatic hydroxyl groups is 2. The SMILES string of the molecule is O=C(O)c1ccc([C@@H](O)[C@@H](O)c2ccccc2)cc1. The predicted octanol–water partition coefficient (Wildman–Crippen LogP) is 2.15. The number of carboxylic acids is 1. The van der Waals surface area contributed by atoms with Gasteiger partial charge in [-0.1, -0.05) is 42.5 Å². The topological polar surface area (TPSA) is 77.8 Å². The van der Waals surface area contributed by atoms with Crippen molar-refractivity contribution in [3.8, 4) is 0 Å². The zero-order chi connectivity index (χ0) is 13.8. The third-order valence-corrected chi connectivity index (χ3v) is 2.94. The van der Waals surface area contributed by atoms with Crippen LogP contribution in [0.2, 0.25) is 0 Å². The Morgan fingerprint density at radius 2 is 1.26 bits per heavy atom. The van der Waals surface area contributed by atoms with E-state index in [-0.39, 0.29) is 5.56 Å². The van der Waals surface area contributed by atoms with Crippen LogP contribution in [-0.4, -0.2) is 21.3 Å². The standard InChI is InChI=1S/C15H14O4/c16-13(10-4-2-1-3-5-10)14(17)11-6-8-12(9-7-11)15(18)19/h1-9,13-14,16-17H,(H,18,19)/t13-,14+/m0/s1. The summed E-state index contributed by atoms with van der Waals surface area (Å²) in [4.78, 5) is 10.7. The molecule has 98 valence electrons. The molecule has 2 rings (SSSR count). The minimum Gasteiger partial charge on any atom is -0.478 e. The summed E-state index contributed by atoms with van der Waals surface area (Å²) in [5.41, 5.74) is 1.23. The van der Waals surface area contributed by atoms with Gasteiger partial charge in [-0.25, -0.2) is 4.79 Å². The fourth-order valence-corrected chi connectivity index (χ4v) is 1.84. The maximum Gasteiger partial charge on any atom is 0.335 e. The van der Waals surface area contributed by atoms with Crippen LogP contribution in [-0.2, 0) is 0 Å². The molecule has 0 saturated carbocycles. The first-order valence-corrected chi connectivity index (χ1v) is 5.84. The molecular weight excluding hydrogens is 244 g/mol. The van der Waals surface area contributed by atoms with E-state index in [0.29, 0.717) is 11.1 Å². The van der Waals surface area contributed by atoms with Gasteiger partial charge in [0.1, 0.15) is 12.2 Å². The van der Waals surface area contributed by atoms with Gasteiger partial charge in [-0.3, -0.25) is 0 Å². The molecule has 0 radical (unpaired) electrons. The summed E-state index contributed by atoms with van der Waals surface area (Å²) >= 11 is 0. The van der Waals surface area contributed by atoms with Gasteiger partial charge in [-0.15, -0.1) is 0 Å². The maximum atomic E-state index is 10.7. The minimum atomic E-state index is -1.09. The fraction of sp³-hybridized carbons (Fsp3) is 0.133. The van der Waals surface area contributed by atoms with Crippen LogP contribution in [0, 0.1) is 0 Å². The van der Waals surface area contributed by atoms with Gasteiger partial charge in [0.2, 0.25) is 0 Å². The third-order valence-electron chi connectivity index (χ3n) is 2.94. The van der Waals surface area contributed by atoms with Gasteiger partial charge < -0.3 is 15.3 Å². The third kappa shape index (κ3) is 2.99. The summed E-state index contributed by atoms with van der Waals surface area (Å²) in [6.45, 7) is 0. The number of carbonyl (C=O) groups is 1. The molecule has 0 saturated heterocycles. The molecule has 0 aromatic heterocycles. The van der Waals surface area contributed by atoms with Crippen molar-refractivity contribution in [2.75, 3.05) is 0 Å². The zero-order valence-corrected chi connectivity index (χ0v) is 10.1. The average Bonchev–Trinajstić information content (AvgIpc) is 2.46. The number of rotatable bonds is 4. The highest BCUT2D eigenvalue weighted by Crippen LogP contribution is 2.28. The Morgan fingerprint density at radius 3 is 1.74 bits per heavy atom. The first-order valence-electron chi connectivity index (χ1n) is 5.84. The highest BCUT2D eigenvalue weighted by atomic mass is 16.4. The molecule has 0 aliphatic rings. The second kappa shape index (κ2) is 5.65.